The number of hydrogen-bond acceptors (Lipinski definition) is 8. The number of nitrogens with zero attached hydrogens (tertiary/aromatic N) is 4. The van der Waals surface area contributed by atoms with Crippen LogP contribution >= 0.6 is 0 Å². The van der Waals surface area contributed by atoms with Gasteiger partial charge in [0.15, 0.2) is 0 Å². The number of nitro benzene ring substituents is 2. The Morgan fingerprint density at radius 1 is 0.553 bits per heavy atom. The fraction of sp³-hybridized carbons (Fsp3) is 0.0714. The summed E-state index contributed by atoms with van der Waals surface area (Å²) in [5.74, 6) is 0. The van der Waals surface area contributed by atoms with Gasteiger partial charge in [0.05, 0.1) is 32.6 Å². The number of nitrogens with one attached hydrogen (secondary N) is 2. The van der Waals surface area contributed by atoms with Crippen molar-refractivity contribution in [3.63, 3.8) is 0 Å². The van der Waals surface area contributed by atoms with Crippen LogP contribution in [0.2, 0.25) is 0 Å². The molecule has 0 aliphatic rings. The molecule has 0 aliphatic heterocycles. The lowest BCUT2D eigenvalue weighted by molar-refractivity contribution is -0.385. The van der Waals surface area contributed by atoms with Gasteiger partial charge in [0.25, 0.3) is 11.4 Å². The van der Waals surface area contributed by atoms with Crippen LogP contribution < -0.4 is 10.9 Å². The smallest absolute Gasteiger partial charge is 0.269 e. The highest BCUT2D eigenvalue weighted by molar-refractivity contribution is 6.43. The van der Waals surface area contributed by atoms with Gasteiger partial charge in [0.2, 0.25) is 0 Å². The fourth-order valence-electron chi connectivity index (χ4n) is 3.57. The topological polar surface area (TPSA) is 135 Å². The summed E-state index contributed by atoms with van der Waals surface area (Å²) in [6, 6.07) is 31.6. The number of benzene rings is 4. The molecule has 4 aromatic rings. The molecule has 0 aromatic heterocycles. The second kappa shape index (κ2) is 12.5. The minimum Gasteiger partial charge on any atom is -0.278 e. The van der Waals surface area contributed by atoms with E-state index in [0.29, 0.717) is 35.6 Å². The van der Waals surface area contributed by atoms with Crippen molar-refractivity contribution in [3.05, 3.63) is 141 Å². The Morgan fingerprint density at radius 2 is 0.895 bits per heavy atom. The van der Waals surface area contributed by atoms with E-state index in [0.717, 1.165) is 11.1 Å². The Bertz CT molecular complexity index is 1330. The van der Waals surface area contributed by atoms with Gasteiger partial charge in [-0.2, -0.15) is 10.2 Å². The predicted molar refractivity (Wildman–Crippen MR) is 149 cm³/mol. The SMILES string of the molecule is O=[N+]([O-])c1ccc(NN=C(Cc2ccccc2)/C(Cc2ccccc2)=N/Nc2ccc([N+](=O)[O-])cc2)cc1. The number of anilines is 2. The zero-order chi connectivity index (χ0) is 26.7. The molecule has 0 unspecified atom stereocenters. The zero-order valence-corrected chi connectivity index (χ0v) is 20.2. The Morgan fingerprint density at radius 3 is 1.21 bits per heavy atom. The van der Waals surface area contributed by atoms with Crippen LogP contribution in [0.4, 0.5) is 22.7 Å². The molecule has 190 valence electrons. The van der Waals surface area contributed by atoms with E-state index >= 15 is 0 Å². The summed E-state index contributed by atoms with van der Waals surface area (Å²) in [6.45, 7) is 0. The minimum absolute atomic E-state index is 0.0114. The average molecular weight is 509 g/mol. The molecular formula is C28H24N6O4. The Labute approximate surface area is 218 Å². The molecule has 0 radical (unpaired) electrons. The monoisotopic (exact) mass is 508 g/mol. The van der Waals surface area contributed by atoms with E-state index in [1.165, 1.54) is 24.3 Å². The summed E-state index contributed by atoms with van der Waals surface area (Å²) < 4.78 is 0. The van der Waals surface area contributed by atoms with Gasteiger partial charge in [-0.05, 0) is 35.4 Å². The first-order valence-corrected chi connectivity index (χ1v) is 11.7. The predicted octanol–water partition coefficient (Wildman–Crippen LogP) is 6.22. The number of hydrogen-bond donors (Lipinski definition) is 2. The second-order valence-corrected chi connectivity index (χ2v) is 8.27. The molecule has 0 saturated heterocycles. The molecule has 4 aromatic carbocycles. The summed E-state index contributed by atoms with van der Waals surface area (Å²) in [7, 11) is 0. The highest BCUT2D eigenvalue weighted by atomic mass is 16.6. The van der Waals surface area contributed by atoms with Gasteiger partial charge in [-0.15, -0.1) is 0 Å². The van der Waals surface area contributed by atoms with Gasteiger partial charge in [0, 0.05) is 37.1 Å². The summed E-state index contributed by atoms with van der Waals surface area (Å²) in [4.78, 5) is 21.1. The molecule has 0 heterocycles. The third kappa shape index (κ3) is 7.31. The van der Waals surface area contributed by atoms with E-state index in [1.54, 1.807) is 24.3 Å². The molecular weight excluding hydrogens is 484 g/mol. The number of non-ortho nitro benzene ring substituents is 2. The average Bonchev–Trinajstić information content (AvgIpc) is 2.95. The van der Waals surface area contributed by atoms with E-state index in [-0.39, 0.29) is 11.4 Å². The second-order valence-electron chi connectivity index (χ2n) is 8.27. The molecule has 0 amide bonds. The van der Waals surface area contributed by atoms with E-state index in [9.17, 15) is 20.2 Å². The molecule has 0 fully saturated rings. The van der Waals surface area contributed by atoms with Crippen molar-refractivity contribution in [2.75, 3.05) is 10.9 Å². The maximum absolute atomic E-state index is 11.0. The van der Waals surface area contributed by atoms with Crippen molar-refractivity contribution >= 4 is 34.2 Å². The van der Waals surface area contributed by atoms with Gasteiger partial charge in [0.1, 0.15) is 0 Å². The molecule has 0 saturated carbocycles. The largest absolute Gasteiger partial charge is 0.278 e. The van der Waals surface area contributed by atoms with Crippen LogP contribution in [0, 0.1) is 20.2 Å². The molecule has 0 bridgehead atoms. The maximum atomic E-state index is 11.0. The lowest BCUT2D eigenvalue weighted by Crippen LogP contribution is -2.22. The van der Waals surface area contributed by atoms with Crippen molar-refractivity contribution < 1.29 is 9.85 Å². The summed E-state index contributed by atoms with van der Waals surface area (Å²) in [5.41, 5.74) is 10.5. The number of nitro groups is 2. The van der Waals surface area contributed by atoms with Gasteiger partial charge >= 0.3 is 0 Å². The molecule has 10 nitrogen and oxygen atoms in total. The van der Waals surface area contributed by atoms with Crippen LogP contribution in [-0.4, -0.2) is 21.3 Å². The maximum Gasteiger partial charge on any atom is 0.269 e. The standard InChI is InChI=1S/C28H24N6O4/c35-33(36)25-15-11-23(12-16-25)29-31-27(19-21-7-3-1-4-8-21)28(20-22-9-5-2-6-10-22)32-30-24-13-17-26(18-14-24)34(37)38/h1-18,29-30H,19-20H2/b31-27+,32-28?. The summed E-state index contributed by atoms with van der Waals surface area (Å²) in [5, 5.41) is 31.3. The minimum atomic E-state index is -0.456. The van der Waals surface area contributed by atoms with Crippen LogP contribution in [0.1, 0.15) is 11.1 Å². The van der Waals surface area contributed by atoms with Gasteiger partial charge in [-0.1, -0.05) is 60.7 Å². The molecule has 0 spiro atoms. The molecule has 0 atom stereocenters. The zero-order valence-electron chi connectivity index (χ0n) is 20.2. The first kappa shape index (κ1) is 25.7. The van der Waals surface area contributed by atoms with E-state index in [4.69, 9.17) is 0 Å². The third-order valence-electron chi connectivity index (χ3n) is 5.56. The fourth-order valence-corrected chi connectivity index (χ4v) is 3.57. The van der Waals surface area contributed by atoms with Crippen LogP contribution in [-0.2, 0) is 12.8 Å². The first-order valence-electron chi connectivity index (χ1n) is 11.7. The highest BCUT2D eigenvalue weighted by Crippen LogP contribution is 2.17. The Balaban J connectivity index is 1.67. The van der Waals surface area contributed by atoms with Crippen molar-refractivity contribution in [1.29, 1.82) is 0 Å². The van der Waals surface area contributed by atoms with E-state index < -0.39 is 9.85 Å². The van der Waals surface area contributed by atoms with Crippen LogP contribution in [0.15, 0.2) is 119 Å². The summed E-state index contributed by atoms with van der Waals surface area (Å²) in [6.07, 6.45) is 0.933. The van der Waals surface area contributed by atoms with Crippen molar-refractivity contribution in [2.24, 2.45) is 10.2 Å². The van der Waals surface area contributed by atoms with Gasteiger partial charge < -0.3 is 0 Å². The van der Waals surface area contributed by atoms with Gasteiger partial charge in [-0.3, -0.25) is 31.1 Å². The van der Waals surface area contributed by atoms with Crippen LogP contribution in [0.25, 0.3) is 0 Å². The van der Waals surface area contributed by atoms with Crippen LogP contribution in [0.3, 0.4) is 0 Å². The number of hydrazone groups is 2. The normalized spacial score (nSPS) is 11.6. The Hall–Kier alpha value is -5.38. The first-order chi connectivity index (χ1) is 18.5. The highest BCUT2D eigenvalue weighted by Gasteiger charge is 2.14. The van der Waals surface area contributed by atoms with Crippen molar-refractivity contribution in [2.45, 2.75) is 12.8 Å². The van der Waals surface area contributed by atoms with E-state index in [1.807, 2.05) is 60.7 Å². The lowest BCUT2D eigenvalue weighted by atomic mass is 10.00. The van der Waals surface area contributed by atoms with E-state index in [2.05, 4.69) is 21.1 Å². The number of rotatable bonds is 11. The molecule has 0 aliphatic carbocycles. The molecule has 4 rings (SSSR count). The summed E-state index contributed by atoms with van der Waals surface area (Å²) >= 11 is 0. The molecule has 10 heteroatoms. The third-order valence-corrected chi connectivity index (χ3v) is 5.56. The van der Waals surface area contributed by atoms with Crippen molar-refractivity contribution in [3.8, 4) is 0 Å². The van der Waals surface area contributed by atoms with Crippen LogP contribution in [0.5, 0.6) is 0 Å². The molecule has 38 heavy (non-hydrogen) atoms. The van der Waals surface area contributed by atoms with Crippen molar-refractivity contribution in [1.82, 2.24) is 0 Å². The Kier molecular flexibility index (Phi) is 8.48. The molecule has 2 N–H and O–H groups in total. The quantitative estimate of drug-likeness (QED) is 0.140. The lowest BCUT2D eigenvalue weighted by Gasteiger charge is -2.13. The van der Waals surface area contributed by atoms with Gasteiger partial charge in [-0.25, -0.2) is 0 Å².